The standard InChI is InChI=1S/C26H21N3O2/c1-16(2)31-26-28-24(21-13-7-8-14-23(21)30)27-25(29-26)22-15-17-9-3-4-10-18(17)19-11-5-6-12-20(19)22/h3-16,30H,1-2H3. The second-order valence-corrected chi connectivity index (χ2v) is 7.64. The highest BCUT2D eigenvalue weighted by Gasteiger charge is 2.17. The Morgan fingerprint density at radius 2 is 1.29 bits per heavy atom. The SMILES string of the molecule is CC(C)Oc1nc(-c2ccccc2O)nc(-c2cc3ccccc3c3ccccc23)n1. The van der Waals surface area contributed by atoms with E-state index >= 15 is 0 Å². The van der Waals surface area contributed by atoms with Crippen LogP contribution in [0.1, 0.15) is 13.8 Å². The van der Waals surface area contributed by atoms with Crippen molar-refractivity contribution in [3.8, 4) is 34.5 Å². The Bertz CT molecular complexity index is 1410. The third-order valence-corrected chi connectivity index (χ3v) is 5.11. The number of aromatic nitrogens is 3. The van der Waals surface area contributed by atoms with E-state index in [1.54, 1.807) is 18.2 Å². The maximum Gasteiger partial charge on any atom is 0.320 e. The van der Waals surface area contributed by atoms with Crippen molar-refractivity contribution >= 4 is 21.5 Å². The molecule has 0 saturated carbocycles. The number of aromatic hydroxyl groups is 1. The minimum atomic E-state index is -0.0965. The van der Waals surface area contributed by atoms with Crippen LogP contribution in [0.4, 0.5) is 0 Å². The number of phenols is 1. The van der Waals surface area contributed by atoms with Crippen LogP contribution in [0.5, 0.6) is 11.8 Å². The molecule has 0 amide bonds. The summed E-state index contributed by atoms with van der Waals surface area (Å²) in [5, 5.41) is 14.8. The first-order chi connectivity index (χ1) is 15.1. The molecule has 0 bridgehead atoms. The quantitative estimate of drug-likeness (QED) is 0.370. The molecule has 0 radical (unpaired) electrons. The van der Waals surface area contributed by atoms with Crippen LogP contribution in [0, 0.1) is 0 Å². The Morgan fingerprint density at radius 1 is 0.677 bits per heavy atom. The maximum atomic E-state index is 10.4. The molecule has 0 aliphatic carbocycles. The number of nitrogens with zero attached hydrogens (tertiary/aromatic N) is 3. The third-order valence-electron chi connectivity index (χ3n) is 5.11. The Morgan fingerprint density at radius 3 is 2.03 bits per heavy atom. The highest BCUT2D eigenvalue weighted by Crippen LogP contribution is 2.35. The van der Waals surface area contributed by atoms with Crippen molar-refractivity contribution < 1.29 is 9.84 Å². The molecule has 1 heterocycles. The molecule has 0 aliphatic rings. The summed E-state index contributed by atoms with van der Waals surface area (Å²) in [4.78, 5) is 13.8. The Kier molecular flexibility index (Phi) is 4.71. The number of para-hydroxylation sites is 1. The van der Waals surface area contributed by atoms with Crippen molar-refractivity contribution in [3.05, 3.63) is 78.9 Å². The van der Waals surface area contributed by atoms with Crippen LogP contribution in [0.2, 0.25) is 0 Å². The van der Waals surface area contributed by atoms with E-state index in [-0.39, 0.29) is 17.9 Å². The van der Waals surface area contributed by atoms with Crippen LogP contribution < -0.4 is 4.74 Å². The summed E-state index contributed by atoms with van der Waals surface area (Å²) in [6.45, 7) is 3.85. The van der Waals surface area contributed by atoms with Gasteiger partial charge in [-0.1, -0.05) is 60.7 Å². The molecular weight excluding hydrogens is 386 g/mol. The monoisotopic (exact) mass is 407 g/mol. The Labute approximate surface area is 180 Å². The van der Waals surface area contributed by atoms with Gasteiger partial charge in [-0.05, 0) is 53.6 Å². The first-order valence-electron chi connectivity index (χ1n) is 10.2. The zero-order valence-electron chi connectivity index (χ0n) is 17.3. The predicted octanol–water partition coefficient (Wildman–Crippen LogP) is 6.00. The molecule has 5 aromatic rings. The van der Waals surface area contributed by atoms with E-state index in [1.165, 1.54) is 5.39 Å². The number of fused-ring (bicyclic) bond motifs is 3. The van der Waals surface area contributed by atoms with E-state index in [0.29, 0.717) is 17.2 Å². The number of hydrogen-bond donors (Lipinski definition) is 1. The summed E-state index contributed by atoms with van der Waals surface area (Å²) >= 11 is 0. The molecule has 31 heavy (non-hydrogen) atoms. The second-order valence-electron chi connectivity index (χ2n) is 7.64. The summed E-state index contributed by atoms with van der Waals surface area (Å²) in [7, 11) is 0. The molecule has 0 atom stereocenters. The van der Waals surface area contributed by atoms with Crippen LogP contribution in [0.3, 0.4) is 0 Å². The van der Waals surface area contributed by atoms with Gasteiger partial charge in [0.05, 0.1) is 11.7 Å². The summed E-state index contributed by atoms with van der Waals surface area (Å²) in [6, 6.07) is 25.8. The zero-order valence-corrected chi connectivity index (χ0v) is 17.3. The maximum absolute atomic E-state index is 10.4. The van der Waals surface area contributed by atoms with E-state index < -0.39 is 0 Å². The molecule has 5 nitrogen and oxygen atoms in total. The molecule has 0 fully saturated rings. The van der Waals surface area contributed by atoms with E-state index in [9.17, 15) is 5.11 Å². The fourth-order valence-corrected chi connectivity index (χ4v) is 3.76. The minimum Gasteiger partial charge on any atom is -0.507 e. The highest BCUT2D eigenvalue weighted by atomic mass is 16.5. The average Bonchev–Trinajstić information content (AvgIpc) is 2.78. The van der Waals surface area contributed by atoms with Crippen molar-refractivity contribution in [2.75, 3.05) is 0 Å². The van der Waals surface area contributed by atoms with Crippen molar-refractivity contribution in [2.24, 2.45) is 0 Å². The van der Waals surface area contributed by atoms with Gasteiger partial charge in [0.25, 0.3) is 0 Å². The molecule has 0 spiro atoms. The number of rotatable bonds is 4. The lowest BCUT2D eigenvalue weighted by Gasteiger charge is -2.13. The minimum absolute atomic E-state index is 0.0965. The first kappa shape index (κ1) is 19.0. The molecule has 1 N–H and O–H groups in total. The van der Waals surface area contributed by atoms with Crippen LogP contribution in [0.15, 0.2) is 78.9 Å². The van der Waals surface area contributed by atoms with Crippen molar-refractivity contribution in [2.45, 2.75) is 20.0 Å². The van der Waals surface area contributed by atoms with Crippen LogP contribution in [-0.2, 0) is 0 Å². The normalized spacial score (nSPS) is 11.3. The van der Waals surface area contributed by atoms with Gasteiger partial charge in [-0.3, -0.25) is 0 Å². The van der Waals surface area contributed by atoms with E-state index in [2.05, 4.69) is 40.3 Å². The Hall–Kier alpha value is -3.99. The Balaban J connectivity index is 1.81. The van der Waals surface area contributed by atoms with Gasteiger partial charge < -0.3 is 9.84 Å². The average molecular weight is 407 g/mol. The lowest BCUT2D eigenvalue weighted by atomic mass is 9.97. The molecule has 5 heteroatoms. The molecule has 4 aromatic carbocycles. The molecule has 0 saturated heterocycles. The summed E-state index contributed by atoms with van der Waals surface area (Å²) in [5.74, 6) is 0.986. The van der Waals surface area contributed by atoms with Gasteiger partial charge >= 0.3 is 6.01 Å². The topological polar surface area (TPSA) is 68.1 Å². The fraction of sp³-hybridized carbons (Fsp3) is 0.115. The van der Waals surface area contributed by atoms with Crippen LogP contribution in [-0.4, -0.2) is 26.2 Å². The molecule has 0 unspecified atom stereocenters. The van der Waals surface area contributed by atoms with Crippen LogP contribution >= 0.6 is 0 Å². The second kappa shape index (κ2) is 7.69. The van der Waals surface area contributed by atoms with E-state index in [1.807, 2.05) is 44.2 Å². The zero-order chi connectivity index (χ0) is 21.4. The number of hydrogen-bond acceptors (Lipinski definition) is 5. The van der Waals surface area contributed by atoms with E-state index in [4.69, 9.17) is 9.72 Å². The van der Waals surface area contributed by atoms with Gasteiger partial charge in [0.15, 0.2) is 11.6 Å². The molecular formula is C26H21N3O2. The van der Waals surface area contributed by atoms with E-state index in [0.717, 1.165) is 21.7 Å². The van der Waals surface area contributed by atoms with Crippen molar-refractivity contribution in [1.29, 1.82) is 0 Å². The summed E-state index contributed by atoms with van der Waals surface area (Å²) in [6.07, 6.45) is -0.0965. The first-order valence-corrected chi connectivity index (χ1v) is 10.2. The molecule has 0 aliphatic heterocycles. The largest absolute Gasteiger partial charge is 0.507 e. The van der Waals surface area contributed by atoms with Crippen molar-refractivity contribution in [1.82, 2.24) is 15.0 Å². The smallest absolute Gasteiger partial charge is 0.320 e. The van der Waals surface area contributed by atoms with Gasteiger partial charge in [0.2, 0.25) is 0 Å². The van der Waals surface area contributed by atoms with Crippen molar-refractivity contribution in [3.63, 3.8) is 0 Å². The number of benzene rings is 4. The molecule has 152 valence electrons. The highest BCUT2D eigenvalue weighted by molar-refractivity contribution is 6.13. The summed E-state index contributed by atoms with van der Waals surface area (Å²) < 4.78 is 5.83. The summed E-state index contributed by atoms with van der Waals surface area (Å²) in [5.41, 5.74) is 1.42. The van der Waals surface area contributed by atoms with Gasteiger partial charge in [0, 0.05) is 5.56 Å². The molecule has 5 rings (SSSR count). The van der Waals surface area contributed by atoms with Gasteiger partial charge in [-0.2, -0.15) is 9.97 Å². The van der Waals surface area contributed by atoms with Gasteiger partial charge in [-0.15, -0.1) is 0 Å². The van der Waals surface area contributed by atoms with Gasteiger partial charge in [0.1, 0.15) is 5.75 Å². The van der Waals surface area contributed by atoms with Gasteiger partial charge in [-0.25, -0.2) is 4.98 Å². The molecule has 1 aromatic heterocycles. The number of ether oxygens (including phenoxy) is 1. The lowest BCUT2D eigenvalue weighted by Crippen LogP contribution is -2.10. The van der Waals surface area contributed by atoms with Crippen LogP contribution in [0.25, 0.3) is 44.3 Å². The number of phenolic OH excluding ortho intramolecular Hbond substituents is 1. The fourth-order valence-electron chi connectivity index (χ4n) is 3.76. The predicted molar refractivity (Wildman–Crippen MR) is 123 cm³/mol. The third kappa shape index (κ3) is 3.55. The lowest BCUT2D eigenvalue weighted by molar-refractivity contribution is 0.222.